The van der Waals surface area contributed by atoms with Crippen LogP contribution in [0.2, 0.25) is 0 Å². The first-order chi connectivity index (χ1) is 9.09. The molecule has 0 aliphatic heterocycles. The molecule has 1 atom stereocenters. The second kappa shape index (κ2) is 6.10. The van der Waals surface area contributed by atoms with E-state index in [9.17, 15) is 0 Å². The van der Waals surface area contributed by atoms with Gasteiger partial charge in [0, 0.05) is 24.0 Å². The van der Waals surface area contributed by atoms with Crippen molar-refractivity contribution in [1.82, 2.24) is 19.7 Å². The molecule has 2 aromatic heterocycles. The van der Waals surface area contributed by atoms with Crippen LogP contribution in [0.3, 0.4) is 0 Å². The van der Waals surface area contributed by atoms with Crippen molar-refractivity contribution in [2.45, 2.75) is 39.7 Å². The van der Waals surface area contributed by atoms with Crippen LogP contribution in [0, 0.1) is 10.7 Å². The monoisotopic (exact) mass is 276 g/mol. The summed E-state index contributed by atoms with van der Waals surface area (Å²) in [6, 6.07) is 4.25. The number of hydrogen-bond donors (Lipinski definition) is 1. The molecule has 0 aliphatic carbocycles. The lowest BCUT2D eigenvalue weighted by Crippen LogP contribution is -2.08. The van der Waals surface area contributed by atoms with Crippen molar-refractivity contribution in [2.75, 3.05) is 0 Å². The van der Waals surface area contributed by atoms with E-state index in [1.165, 1.54) is 6.42 Å². The lowest BCUT2D eigenvalue weighted by molar-refractivity contribution is 0.438. The highest BCUT2D eigenvalue weighted by atomic mass is 32.1. The molecule has 1 N–H and O–H groups in total. The van der Waals surface area contributed by atoms with E-state index in [4.69, 9.17) is 12.2 Å². The maximum absolute atomic E-state index is 5.35. The molecule has 0 aliphatic rings. The minimum Gasteiger partial charge on any atom is -0.297 e. The van der Waals surface area contributed by atoms with Crippen LogP contribution in [0.4, 0.5) is 0 Å². The Labute approximate surface area is 118 Å². The van der Waals surface area contributed by atoms with Gasteiger partial charge >= 0.3 is 0 Å². The second-order valence-corrected chi connectivity index (χ2v) is 5.67. The Morgan fingerprint density at radius 2 is 2.11 bits per heavy atom. The van der Waals surface area contributed by atoms with Gasteiger partial charge in [-0.25, -0.2) is 0 Å². The zero-order valence-electron chi connectivity index (χ0n) is 11.6. The Morgan fingerprint density at radius 3 is 2.74 bits per heavy atom. The molecular weight excluding hydrogens is 256 g/mol. The molecule has 19 heavy (non-hydrogen) atoms. The zero-order chi connectivity index (χ0) is 13.8. The molecule has 0 saturated carbocycles. The highest BCUT2D eigenvalue weighted by Gasteiger charge is 2.14. The first-order valence-corrected chi connectivity index (χ1v) is 7.07. The van der Waals surface area contributed by atoms with Crippen LogP contribution in [0.25, 0.3) is 11.4 Å². The van der Waals surface area contributed by atoms with Gasteiger partial charge in [0.25, 0.3) is 0 Å². The zero-order valence-corrected chi connectivity index (χ0v) is 12.4. The van der Waals surface area contributed by atoms with E-state index in [1.807, 2.05) is 18.3 Å². The van der Waals surface area contributed by atoms with Gasteiger partial charge < -0.3 is 0 Å². The summed E-state index contributed by atoms with van der Waals surface area (Å²) in [4.78, 5) is 4.14. The largest absolute Gasteiger partial charge is 0.297 e. The van der Waals surface area contributed by atoms with Gasteiger partial charge in [0.2, 0.25) is 0 Å². The van der Waals surface area contributed by atoms with E-state index >= 15 is 0 Å². The number of hydrogen-bond acceptors (Lipinski definition) is 3. The average Bonchev–Trinajstić information content (AvgIpc) is 2.79. The molecule has 2 rings (SSSR count). The molecule has 0 fully saturated rings. The second-order valence-electron chi connectivity index (χ2n) is 5.28. The highest BCUT2D eigenvalue weighted by Crippen LogP contribution is 2.24. The Bertz CT molecular complexity index is 571. The molecule has 1 unspecified atom stereocenters. The molecule has 2 heterocycles. The van der Waals surface area contributed by atoms with Gasteiger partial charge in [-0.2, -0.15) is 5.10 Å². The SMILES string of the molecule is CC(C)CCC(C)n1c(-c2cccnc2)n[nH]c1=S. The van der Waals surface area contributed by atoms with Crippen molar-refractivity contribution in [3.63, 3.8) is 0 Å². The van der Waals surface area contributed by atoms with Crippen molar-refractivity contribution in [2.24, 2.45) is 5.92 Å². The third-order valence-corrected chi connectivity index (χ3v) is 3.51. The molecule has 0 spiro atoms. The molecule has 4 nitrogen and oxygen atoms in total. The van der Waals surface area contributed by atoms with Gasteiger partial charge in [0.1, 0.15) is 0 Å². The van der Waals surface area contributed by atoms with Crippen molar-refractivity contribution >= 4 is 12.2 Å². The average molecular weight is 276 g/mol. The topological polar surface area (TPSA) is 46.5 Å². The molecule has 0 bridgehead atoms. The number of aromatic amines is 1. The van der Waals surface area contributed by atoms with Crippen LogP contribution in [0.1, 0.15) is 39.7 Å². The first-order valence-electron chi connectivity index (χ1n) is 6.67. The standard InChI is InChI=1S/C14H20N4S/c1-10(2)6-7-11(3)18-13(16-17-14(18)19)12-5-4-8-15-9-12/h4-5,8-11H,6-7H2,1-3H3,(H,17,19). The summed E-state index contributed by atoms with van der Waals surface area (Å²) < 4.78 is 2.77. The molecule has 102 valence electrons. The summed E-state index contributed by atoms with van der Waals surface area (Å²) in [5, 5.41) is 7.23. The van der Waals surface area contributed by atoms with Crippen LogP contribution < -0.4 is 0 Å². The maximum atomic E-state index is 5.35. The van der Waals surface area contributed by atoms with E-state index in [0.29, 0.717) is 16.7 Å². The van der Waals surface area contributed by atoms with E-state index in [-0.39, 0.29) is 0 Å². The summed E-state index contributed by atoms with van der Waals surface area (Å²) >= 11 is 5.35. The van der Waals surface area contributed by atoms with Gasteiger partial charge in [-0.05, 0) is 50.0 Å². The third kappa shape index (κ3) is 3.29. The number of aromatic nitrogens is 4. The summed E-state index contributed by atoms with van der Waals surface area (Å²) in [7, 11) is 0. The fourth-order valence-electron chi connectivity index (χ4n) is 2.12. The predicted molar refractivity (Wildman–Crippen MR) is 79.4 cm³/mol. The van der Waals surface area contributed by atoms with Gasteiger partial charge in [0.15, 0.2) is 10.6 Å². The van der Waals surface area contributed by atoms with Crippen LogP contribution >= 0.6 is 12.2 Å². The van der Waals surface area contributed by atoms with E-state index in [0.717, 1.165) is 17.8 Å². The summed E-state index contributed by atoms with van der Waals surface area (Å²) in [5.41, 5.74) is 0.992. The van der Waals surface area contributed by atoms with Gasteiger partial charge in [-0.1, -0.05) is 13.8 Å². The van der Waals surface area contributed by atoms with E-state index in [1.54, 1.807) is 6.20 Å². The molecule has 2 aromatic rings. The third-order valence-electron chi connectivity index (χ3n) is 3.23. The Kier molecular flexibility index (Phi) is 4.47. The molecule has 0 amide bonds. The molecule has 5 heteroatoms. The fraction of sp³-hybridized carbons (Fsp3) is 0.500. The highest BCUT2D eigenvalue weighted by molar-refractivity contribution is 7.71. The van der Waals surface area contributed by atoms with Gasteiger partial charge in [0.05, 0.1) is 0 Å². The predicted octanol–water partition coefficient (Wildman–Crippen LogP) is 4.00. The van der Waals surface area contributed by atoms with Crippen LogP contribution in [0.15, 0.2) is 24.5 Å². The summed E-state index contributed by atoms with van der Waals surface area (Å²) in [6.45, 7) is 6.67. The van der Waals surface area contributed by atoms with Gasteiger partial charge in [-0.3, -0.25) is 14.6 Å². The smallest absolute Gasteiger partial charge is 0.195 e. The van der Waals surface area contributed by atoms with E-state index in [2.05, 4.69) is 40.5 Å². The number of nitrogens with zero attached hydrogens (tertiary/aromatic N) is 3. The van der Waals surface area contributed by atoms with Crippen molar-refractivity contribution in [1.29, 1.82) is 0 Å². The Hall–Kier alpha value is -1.49. The normalized spacial score (nSPS) is 12.8. The number of nitrogens with one attached hydrogen (secondary N) is 1. The lowest BCUT2D eigenvalue weighted by atomic mass is 10.0. The van der Waals surface area contributed by atoms with Crippen LogP contribution in [0.5, 0.6) is 0 Å². The summed E-state index contributed by atoms with van der Waals surface area (Å²) in [6.07, 6.45) is 5.85. The fourth-order valence-corrected chi connectivity index (χ4v) is 2.43. The van der Waals surface area contributed by atoms with Gasteiger partial charge in [-0.15, -0.1) is 0 Å². The minimum absolute atomic E-state index is 0.337. The number of pyridine rings is 1. The van der Waals surface area contributed by atoms with Crippen molar-refractivity contribution in [3.8, 4) is 11.4 Å². The number of rotatable bonds is 5. The molecule has 0 radical (unpaired) electrons. The number of H-pyrrole nitrogens is 1. The Morgan fingerprint density at radius 1 is 1.32 bits per heavy atom. The van der Waals surface area contributed by atoms with Crippen LogP contribution in [-0.2, 0) is 0 Å². The lowest BCUT2D eigenvalue weighted by Gasteiger charge is -2.16. The van der Waals surface area contributed by atoms with Crippen molar-refractivity contribution in [3.05, 3.63) is 29.3 Å². The van der Waals surface area contributed by atoms with Crippen molar-refractivity contribution < 1.29 is 0 Å². The molecule has 0 saturated heterocycles. The molecular formula is C14H20N4S. The van der Waals surface area contributed by atoms with E-state index < -0.39 is 0 Å². The van der Waals surface area contributed by atoms with Crippen LogP contribution in [-0.4, -0.2) is 19.7 Å². The minimum atomic E-state index is 0.337. The quantitative estimate of drug-likeness (QED) is 0.840. The molecule has 0 aromatic carbocycles. The maximum Gasteiger partial charge on any atom is 0.195 e. The Balaban J connectivity index is 2.30. The first kappa shape index (κ1) is 13.9. The summed E-state index contributed by atoms with van der Waals surface area (Å²) in [5.74, 6) is 1.57.